The van der Waals surface area contributed by atoms with Crippen LogP contribution in [0.1, 0.15) is 0 Å². The zero-order valence-corrected chi connectivity index (χ0v) is 38.0. The molecule has 0 saturated carbocycles. The van der Waals surface area contributed by atoms with E-state index in [1.165, 1.54) is 65.3 Å². The third kappa shape index (κ3) is 7.54. The van der Waals surface area contributed by atoms with Gasteiger partial charge in [-0.25, -0.2) is 9.97 Å². The number of rotatable bonds is 8. The molecule has 3 heterocycles. The van der Waals surface area contributed by atoms with Crippen molar-refractivity contribution in [2.24, 2.45) is 0 Å². The Morgan fingerprint density at radius 2 is 0.571 bits per heavy atom. The predicted molar refractivity (Wildman–Crippen MR) is 291 cm³/mol. The van der Waals surface area contributed by atoms with Crippen LogP contribution in [0.5, 0.6) is 0 Å². The second-order valence-electron chi connectivity index (χ2n) is 17.8. The minimum atomic E-state index is 0.666. The van der Waals surface area contributed by atoms with Crippen LogP contribution in [0.2, 0.25) is 0 Å². The van der Waals surface area contributed by atoms with Crippen LogP contribution in [0.25, 0.3) is 133 Å². The van der Waals surface area contributed by atoms with Crippen molar-refractivity contribution in [3.8, 4) is 89.5 Å². The molecule has 0 spiro atoms. The van der Waals surface area contributed by atoms with Crippen molar-refractivity contribution in [1.82, 2.24) is 19.9 Å². The normalized spacial score (nSPS) is 11.4. The summed E-state index contributed by atoms with van der Waals surface area (Å²) in [4.78, 5) is 18.9. The number of hydrogen-bond acceptors (Lipinski definition) is 4. The Morgan fingerprint density at radius 1 is 0.214 bits per heavy atom. The molecule has 0 saturated heterocycles. The molecule has 4 nitrogen and oxygen atoms in total. The molecule has 0 N–H and O–H groups in total. The Labute approximate surface area is 405 Å². The first-order valence-corrected chi connectivity index (χ1v) is 23.7. The number of fused-ring (bicyclic) bond motifs is 4. The average Bonchev–Trinajstić information content (AvgIpc) is 3.44. The summed E-state index contributed by atoms with van der Waals surface area (Å²) < 4.78 is 0. The van der Waals surface area contributed by atoms with Crippen LogP contribution >= 0.6 is 0 Å². The van der Waals surface area contributed by atoms with Gasteiger partial charge in [0.15, 0.2) is 5.82 Å². The van der Waals surface area contributed by atoms with Gasteiger partial charge in [0.1, 0.15) is 0 Å². The lowest BCUT2D eigenvalue weighted by Gasteiger charge is -2.19. The molecule has 0 aliphatic carbocycles. The molecule has 10 aromatic carbocycles. The molecule has 0 radical (unpaired) electrons. The fourth-order valence-electron chi connectivity index (χ4n) is 10.1. The SMILES string of the molecule is c1ccc2cc(-c3c4ccccc4c(-c4ccc5ccccc5c4)c4cc(-c5ccc(-c6nc(-c7ccc(-c8ccncc8)cc7)cc(-c7ccc(-c8ccncc8)cc7)n6)cc5)ccc34)ccc2c1. The third-order valence-corrected chi connectivity index (χ3v) is 13.7. The van der Waals surface area contributed by atoms with Gasteiger partial charge in [-0.05, 0) is 147 Å². The van der Waals surface area contributed by atoms with Crippen LogP contribution in [0.15, 0.2) is 255 Å². The molecule has 0 bridgehead atoms. The highest BCUT2D eigenvalue weighted by Crippen LogP contribution is 2.46. The first kappa shape index (κ1) is 40.9. The molecule has 4 heteroatoms. The Morgan fingerprint density at radius 3 is 1.07 bits per heavy atom. The Hall–Kier alpha value is -9.38. The van der Waals surface area contributed by atoms with Gasteiger partial charge in [-0.1, -0.05) is 182 Å². The van der Waals surface area contributed by atoms with Gasteiger partial charge < -0.3 is 0 Å². The summed E-state index contributed by atoms with van der Waals surface area (Å²) in [6.45, 7) is 0. The molecule has 13 aromatic rings. The van der Waals surface area contributed by atoms with Gasteiger partial charge in [0.05, 0.1) is 11.4 Å². The molecule has 70 heavy (non-hydrogen) atoms. The quantitative estimate of drug-likeness (QED) is 0.143. The first-order valence-electron chi connectivity index (χ1n) is 23.7. The molecular weight excluding hydrogens is 849 g/mol. The molecular formula is C66H42N4. The van der Waals surface area contributed by atoms with Crippen molar-refractivity contribution in [1.29, 1.82) is 0 Å². The lowest BCUT2D eigenvalue weighted by atomic mass is 9.84. The molecule has 0 fully saturated rings. The van der Waals surface area contributed by atoms with E-state index in [0.717, 1.165) is 61.5 Å². The lowest BCUT2D eigenvalue weighted by Crippen LogP contribution is -1.96. The molecule has 0 aliphatic heterocycles. The molecule has 0 amide bonds. The van der Waals surface area contributed by atoms with Crippen molar-refractivity contribution < 1.29 is 0 Å². The predicted octanol–water partition coefficient (Wildman–Crippen LogP) is 17.2. The van der Waals surface area contributed by atoms with Crippen LogP contribution in [0.3, 0.4) is 0 Å². The molecule has 3 aromatic heterocycles. The van der Waals surface area contributed by atoms with Crippen molar-refractivity contribution in [3.63, 3.8) is 0 Å². The van der Waals surface area contributed by atoms with E-state index in [0.29, 0.717) is 5.82 Å². The van der Waals surface area contributed by atoms with Gasteiger partial charge >= 0.3 is 0 Å². The Balaban J connectivity index is 0.937. The van der Waals surface area contributed by atoms with E-state index in [4.69, 9.17) is 9.97 Å². The number of pyridine rings is 2. The van der Waals surface area contributed by atoms with Crippen molar-refractivity contribution in [2.45, 2.75) is 0 Å². The summed E-state index contributed by atoms with van der Waals surface area (Å²) in [6.07, 6.45) is 7.30. The Kier molecular flexibility index (Phi) is 10.1. The van der Waals surface area contributed by atoms with Crippen molar-refractivity contribution >= 4 is 43.1 Å². The number of hydrogen-bond donors (Lipinski definition) is 0. The fourth-order valence-corrected chi connectivity index (χ4v) is 10.1. The largest absolute Gasteiger partial charge is 0.265 e. The number of benzene rings is 10. The van der Waals surface area contributed by atoms with E-state index in [1.807, 2.05) is 49.1 Å². The highest BCUT2D eigenvalue weighted by atomic mass is 14.9. The molecule has 326 valence electrons. The highest BCUT2D eigenvalue weighted by molar-refractivity contribution is 6.22. The summed E-state index contributed by atoms with van der Waals surface area (Å²) in [5.74, 6) is 0.666. The topological polar surface area (TPSA) is 51.6 Å². The van der Waals surface area contributed by atoms with Gasteiger partial charge in [0.2, 0.25) is 0 Å². The third-order valence-electron chi connectivity index (χ3n) is 13.7. The molecule has 13 rings (SSSR count). The highest BCUT2D eigenvalue weighted by Gasteiger charge is 2.19. The van der Waals surface area contributed by atoms with E-state index < -0.39 is 0 Å². The maximum absolute atomic E-state index is 5.24. The zero-order valence-electron chi connectivity index (χ0n) is 38.0. The summed E-state index contributed by atoms with van der Waals surface area (Å²) >= 11 is 0. The second-order valence-corrected chi connectivity index (χ2v) is 17.8. The van der Waals surface area contributed by atoms with Gasteiger partial charge in [-0.3, -0.25) is 9.97 Å². The number of aromatic nitrogens is 4. The summed E-state index contributed by atoms with van der Waals surface area (Å²) in [5.41, 5.74) is 16.3. The fraction of sp³-hybridized carbons (Fsp3) is 0. The van der Waals surface area contributed by atoms with Crippen molar-refractivity contribution in [2.75, 3.05) is 0 Å². The van der Waals surface area contributed by atoms with E-state index in [2.05, 4.69) is 216 Å². The lowest BCUT2D eigenvalue weighted by molar-refractivity contribution is 1.18. The van der Waals surface area contributed by atoms with Gasteiger partial charge in [-0.15, -0.1) is 0 Å². The van der Waals surface area contributed by atoms with Gasteiger partial charge in [0.25, 0.3) is 0 Å². The van der Waals surface area contributed by atoms with E-state index in [-0.39, 0.29) is 0 Å². The van der Waals surface area contributed by atoms with Crippen LogP contribution in [0, 0.1) is 0 Å². The average molecular weight is 891 g/mol. The van der Waals surface area contributed by atoms with Crippen LogP contribution in [-0.4, -0.2) is 19.9 Å². The first-order chi connectivity index (χ1) is 34.7. The zero-order chi connectivity index (χ0) is 46.4. The summed E-state index contributed by atoms with van der Waals surface area (Å²) in [6, 6.07) is 83.0. The summed E-state index contributed by atoms with van der Waals surface area (Å²) in [5, 5.41) is 9.82. The Bertz CT molecular complexity index is 3970. The minimum absolute atomic E-state index is 0.666. The minimum Gasteiger partial charge on any atom is -0.265 e. The molecule has 0 atom stereocenters. The maximum Gasteiger partial charge on any atom is 0.160 e. The van der Waals surface area contributed by atoms with Crippen LogP contribution < -0.4 is 0 Å². The van der Waals surface area contributed by atoms with Crippen LogP contribution in [0.4, 0.5) is 0 Å². The molecule has 0 aliphatic rings. The van der Waals surface area contributed by atoms with Crippen LogP contribution in [-0.2, 0) is 0 Å². The maximum atomic E-state index is 5.24. The second kappa shape index (κ2) is 17.4. The van der Waals surface area contributed by atoms with Gasteiger partial charge in [0, 0.05) is 41.5 Å². The van der Waals surface area contributed by atoms with E-state index in [9.17, 15) is 0 Å². The monoisotopic (exact) mass is 890 g/mol. The summed E-state index contributed by atoms with van der Waals surface area (Å²) in [7, 11) is 0. The standard InChI is InChI=1S/C66H42N4/c1-3-9-53-39-56(27-19-43(53)7-1)64-58-11-5-6-12-59(58)65(57-28-20-44-8-2-4-10-54(44)40-57)61-41-55(29-30-60(61)64)47-17-25-52(26-18-47)66-69-62(50-21-13-45(14-22-50)48-31-35-67-36-32-48)42-63(70-66)51-23-15-46(16-24-51)49-33-37-68-38-34-49/h1-42H. The smallest absolute Gasteiger partial charge is 0.160 e. The van der Waals surface area contributed by atoms with E-state index >= 15 is 0 Å². The number of nitrogens with zero attached hydrogens (tertiary/aromatic N) is 4. The van der Waals surface area contributed by atoms with E-state index in [1.54, 1.807) is 0 Å². The van der Waals surface area contributed by atoms with Crippen molar-refractivity contribution in [3.05, 3.63) is 255 Å². The molecule has 0 unspecified atom stereocenters. The van der Waals surface area contributed by atoms with Gasteiger partial charge in [-0.2, -0.15) is 0 Å².